The lowest BCUT2D eigenvalue weighted by atomic mass is 10.2. The van der Waals surface area contributed by atoms with Crippen molar-refractivity contribution in [1.82, 2.24) is 4.98 Å². The van der Waals surface area contributed by atoms with Crippen molar-refractivity contribution < 1.29 is 18.3 Å². The molecule has 0 fully saturated rings. The lowest BCUT2D eigenvalue weighted by Crippen LogP contribution is -2.20. The summed E-state index contributed by atoms with van der Waals surface area (Å²) in [5.41, 5.74) is 1.20. The first kappa shape index (κ1) is 16.1. The number of ether oxygens (including phenoxy) is 1. The molecule has 0 radical (unpaired) electrons. The third-order valence-electron chi connectivity index (χ3n) is 3.04. The van der Waals surface area contributed by atoms with E-state index in [0.717, 1.165) is 0 Å². The zero-order valence-corrected chi connectivity index (χ0v) is 13.1. The lowest BCUT2D eigenvalue weighted by molar-refractivity contribution is -0.118. The van der Waals surface area contributed by atoms with Crippen LogP contribution in [0, 0.1) is 11.6 Å². The first-order chi connectivity index (χ1) is 11.6. The molecule has 2 aromatic carbocycles. The van der Waals surface area contributed by atoms with Gasteiger partial charge in [-0.2, -0.15) is 0 Å². The van der Waals surface area contributed by atoms with E-state index in [4.69, 9.17) is 4.74 Å². The van der Waals surface area contributed by atoms with Gasteiger partial charge < -0.3 is 4.74 Å². The fraction of sp³-hybridized carbons (Fsp3) is 0.0588. The molecule has 1 aromatic heterocycles. The van der Waals surface area contributed by atoms with Gasteiger partial charge in [-0.25, -0.2) is 13.8 Å². The zero-order valence-electron chi connectivity index (χ0n) is 12.3. The standard InChI is InChI=1S/C17H12F2N2O2S/c18-12-4-1-3-11(7-12)15-10-24-17(20-15)21-16(22)9-23-14-6-2-5-13(19)8-14/h1-8,10H,9H2,(H,20,21,22). The Morgan fingerprint density at radius 2 is 1.88 bits per heavy atom. The molecule has 0 saturated carbocycles. The van der Waals surface area contributed by atoms with E-state index in [0.29, 0.717) is 16.4 Å². The molecule has 0 aliphatic rings. The monoisotopic (exact) mass is 346 g/mol. The molecule has 4 nitrogen and oxygen atoms in total. The molecule has 1 N–H and O–H groups in total. The summed E-state index contributed by atoms with van der Waals surface area (Å²) in [5, 5.41) is 4.68. The first-order valence-corrected chi connectivity index (χ1v) is 7.88. The van der Waals surface area contributed by atoms with Gasteiger partial charge in [-0.05, 0) is 24.3 Å². The Morgan fingerprint density at radius 1 is 1.12 bits per heavy atom. The van der Waals surface area contributed by atoms with Crippen LogP contribution in [0.5, 0.6) is 5.75 Å². The van der Waals surface area contributed by atoms with Gasteiger partial charge in [0.1, 0.15) is 17.4 Å². The maximum absolute atomic E-state index is 13.2. The average Bonchev–Trinajstić information content (AvgIpc) is 3.01. The van der Waals surface area contributed by atoms with Crippen molar-refractivity contribution >= 4 is 22.4 Å². The van der Waals surface area contributed by atoms with Gasteiger partial charge in [-0.15, -0.1) is 11.3 Å². The number of carbonyl (C=O) groups is 1. The Kier molecular flexibility index (Phi) is 4.81. The predicted molar refractivity (Wildman–Crippen MR) is 88.0 cm³/mol. The van der Waals surface area contributed by atoms with E-state index in [1.54, 1.807) is 23.6 Å². The fourth-order valence-corrected chi connectivity index (χ4v) is 2.71. The van der Waals surface area contributed by atoms with E-state index >= 15 is 0 Å². The van der Waals surface area contributed by atoms with Gasteiger partial charge in [0.15, 0.2) is 11.7 Å². The number of aromatic nitrogens is 1. The summed E-state index contributed by atoms with van der Waals surface area (Å²) in [6.07, 6.45) is 0. The van der Waals surface area contributed by atoms with E-state index in [2.05, 4.69) is 10.3 Å². The second-order valence-corrected chi connectivity index (χ2v) is 5.70. The van der Waals surface area contributed by atoms with Gasteiger partial charge in [0.2, 0.25) is 0 Å². The summed E-state index contributed by atoms with van der Waals surface area (Å²) in [6, 6.07) is 11.6. The molecule has 24 heavy (non-hydrogen) atoms. The van der Waals surface area contributed by atoms with E-state index in [1.165, 1.54) is 41.7 Å². The van der Waals surface area contributed by atoms with Crippen LogP contribution in [0.15, 0.2) is 53.9 Å². The molecule has 1 heterocycles. The maximum atomic E-state index is 13.2. The van der Waals surface area contributed by atoms with Crippen LogP contribution in [-0.2, 0) is 4.79 Å². The molecule has 0 atom stereocenters. The highest BCUT2D eigenvalue weighted by Crippen LogP contribution is 2.25. The number of halogens is 2. The van der Waals surface area contributed by atoms with E-state index < -0.39 is 11.7 Å². The number of carbonyl (C=O) groups excluding carboxylic acids is 1. The number of benzene rings is 2. The molecule has 122 valence electrons. The smallest absolute Gasteiger partial charge is 0.264 e. The molecule has 0 unspecified atom stereocenters. The van der Waals surface area contributed by atoms with E-state index in [9.17, 15) is 13.6 Å². The number of nitrogens with one attached hydrogen (secondary N) is 1. The normalized spacial score (nSPS) is 10.4. The second-order valence-electron chi connectivity index (χ2n) is 4.84. The first-order valence-electron chi connectivity index (χ1n) is 7.00. The fourth-order valence-electron chi connectivity index (χ4n) is 1.97. The summed E-state index contributed by atoms with van der Waals surface area (Å²) in [6.45, 7) is -0.266. The van der Waals surface area contributed by atoms with E-state index in [-0.39, 0.29) is 18.2 Å². The number of amides is 1. The highest BCUT2D eigenvalue weighted by molar-refractivity contribution is 7.14. The number of anilines is 1. The van der Waals surface area contributed by atoms with Gasteiger partial charge in [-0.3, -0.25) is 10.1 Å². The SMILES string of the molecule is O=C(COc1cccc(F)c1)Nc1nc(-c2cccc(F)c2)cs1. The Morgan fingerprint density at radius 3 is 2.62 bits per heavy atom. The predicted octanol–water partition coefficient (Wildman–Crippen LogP) is 4.11. The Balaban J connectivity index is 1.59. The van der Waals surface area contributed by atoms with Crippen LogP contribution in [0.25, 0.3) is 11.3 Å². The van der Waals surface area contributed by atoms with Crippen molar-refractivity contribution in [3.8, 4) is 17.0 Å². The van der Waals surface area contributed by atoms with Crippen LogP contribution in [0.3, 0.4) is 0 Å². The molecular weight excluding hydrogens is 334 g/mol. The van der Waals surface area contributed by atoms with Gasteiger partial charge in [0, 0.05) is 17.0 Å². The molecule has 0 spiro atoms. The minimum atomic E-state index is -0.437. The summed E-state index contributed by atoms with van der Waals surface area (Å²) in [5.74, 6) is -0.939. The Labute approximate surface area is 140 Å². The minimum Gasteiger partial charge on any atom is -0.484 e. The molecular formula is C17H12F2N2O2S. The maximum Gasteiger partial charge on any atom is 0.264 e. The van der Waals surface area contributed by atoms with Gasteiger partial charge >= 0.3 is 0 Å². The molecule has 0 saturated heterocycles. The van der Waals surface area contributed by atoms with Crippen molar-refractivity contribution in [2.45, 2.75) is 0 Å². The molecule has 3 aromatic rings. The highest BCUT2D eigenvalue weighted by Gasteiger charge is 2.09. The summed E-state index contributed by atoms with van der Waals surface area (Å²) >= 11 is 1.22. The molecule has 0 aliphatic carbocycles. The Hall–Kier alpha value is -2.80. The molecule has 1 amide bonds. The van der Waals surface area contributed by atoms with Gasteiger partial charge in [0.05, 0.1) is 5.69 Å². The molecule has 0 aliphatic heterocycles. The second kappa shape index (κ2) is 7.18. The summed E-state index contributed by atoms with van der Waals surface area (Å²) in [7, 11) is 0. The number of hydrogen-bond acceptors (Lipinski definition) is 4. The number of hydrogen-bond donors (Lipinski definition) is 1. The number of rotatable bonds is 5. The van der Waals surface area contributed by atoms with Crippen LogP contribution in [-0.4, -0.2) is 17.5 Å². The average molecular weight is 346 g/mol. The zero-order chi connectivity index (χ0) is 16.9. The lowest BCUT2D eigenvalue weighted by Gasteiger charge is -2.05. The summed E-state index contributed by atoms with van der Waals surface area (Å²) < 4.78 is 31.4. The molecule has 0 bridgehead atoms. The van der Waals surface area contributed by atoms with E-state index in [1.807, 2.05) is 0 Å². The third-order valence-corrected chi connectivity index (χ3v) is 3.79. The molecule has 7 heteroatoms. The van der Waals surface area contributed by atoms with Gasteiger partial charge in [0.25, 0.3) is 5.91 Å². The van der Waals surface area contributed by atoms with Crippen LogP contribution in [0.2, 0.25) is 0 Å². The van der Waals surface area contributed by atoms with Crippen LogP contribution in [0.4, 0.5) is 13.9 Å². The molecule has 3 rings (SSSR count). The third kappa shape index (κ3) is 4.14. The number of nitrogens with zero attached hydrogens (tertiary/aromatic N) is 1. The largest absolute Gasteiger partial charge is 0.484 e. The van der Waals surface area contributed by atoms with Crippen LogP contribution < -0.4 is 10.1 Å². The minimum absolute atomic E-state index is 0.266. The Bertz CT molecular complexity index is 867. The summed E-state index contributed by atoms with van der Waals surface area (Å²) in [4.78, 5) is 16.1. The number of thiazole rings is 1. The quantitative estimate of drug-likeness (QED) is 0.756. The van der Waals surface area contributed by atoms with Crippen molar-refractivity contribution in [3.05, 3.63) is 65.5 Å². The van der Waals surface area contributed by atoms with Crippen molar-refractivity contribution in [3.63, 3.8) is 0 Å². The van der Waals surface area contributed by atoms with Crippen LogP contribution in [0.1, 0.15) is 0 Å². The van der Waals surface area contributed by atoms with Crippen molar-refractivity contribution in [2.24, 2.45) is 0 Å². The van der Waals surface area contributed by atoms with Crippen LogP contribution >= 0.6 is 11.3 Å². The van der Waals surface area contributed by atoms with Gasteiger partial charge in [-0.1, -0.05) is 18.2 Å². The van der Waals surface area contributed by atoms with Crippen molar-refractivity contribution in [2.75, 3.05) is 11.9 Å². The topological polar surface area (TPSA) is 51.2 Å². The highest BCUT2D eigenvalue weighted by atomic mass is 32.1. The van der Waals surface area contributed by atoms with Crippen molar-refractivity contribution in [1.29, 1.82) is 0 Å².